The van der Waals surface area contributed by atoms with Crippen LogP contribution in [0.2, 0.25) is 0 Å². The van der Waals surface area contributed by atoms with Crippen LogP contribution in [-0.2, 0) is 14.3 Å². The van der Waals surface area contributed by atoms with E-state index in [1.165, 1.54) is 19.1 Å². The number of nitrogens with one attached hydrogen (secondary N) is 1. The lowest BCUT2D eigenvalue weighted by molar-refractivity contribution is -0.153. The molecule has 0 saturated carbocycles. The Kier molecular flexibility index (Phi) is 5.51. The molecule has 1 aliphatic rings. The third-order valence-electron chi connectivity index (χ3n) is 3.66. The average molecular weight is 316 g/mol. The lowest BCUT2D eigenvalue weighted by atomic mass is 10.1. The molecule has 0 saturated heterocycles. The topological polar surface area (TPSA) is 98.5 Å². The minimum Gasteiger partial charge on any atom is -0.453 e. The number of hydrogen-bond donors (Lipinski definition) is 2. The summed E-state index contributed by atoms with van der Waals surface area (Å²) in [6, 6.07) is 6.16. The third-order valence-corrected chi connectivity index (χ3v) is 3.66. The van der Waals surface area contributed by atoms with Crippen LogP contribution in [0.25, 0.3) is 0 Å². The summed E-state index contributed by atoms with van der Waals surface area (Å²) in [5, 5.41) is 2.62. The molecule has 0 spiro atoms. The van der Waals surface area contributed by atoms with Crippen LogP contribution in [0.4, 0.5) is 5.69 Å². The van der Waals surface area contributed by atoms with Crippen LogP contribution < -0.4 is 11.1 Å². The molecule has 2 rings (SSSR count). The molecule has 0 bridgehead atoms. The summed E-state index contributed by atoms with van der Waals surface area (Å²) >= 11 is 0. The second-order valence-electron chi connectivity index (χ2n) is 5.53. The van der Waals surface area contributed by atoms with Crippen LogP contribution in [0, 0.1) is 5.92 Å². The first kappa shape index (κ1) is 16.7. The zero-order valence-corrected chi connectivity index (χ0v) is 13.0. The number of anilines is 1. The van der Waals surface area contributed by atoms with Gasteiger partial charge in [-0.25, -0.2) is 0 Å². The van der Waals surface area contributed by atoms with Gasteiger partial charge in [0.25, 0.3) is 5.91 Å². The molecule has 0 aromatic heterocycles. The molecule has 0 fully saturated rings. The van der Waals surface area contributed by atoms with Gasteiger partial charge in [-0.1, -0.05) is 12.2 Å². The van der Waals surface area contributed by atoms with E-state index in [9.17, 15) is 14.4 Å². The van der Waals surface area contributed by atoms with E-state index in [2.05, 4.69) is 5.32 Å². The molecule has 0 radical (unpaired) electrons. The van der Waals surface area contributed by atoms with Crippen molar-refractivity contribution < 1.29 is 19.1 Å². The predicted octanol–water partition coefficient (Wildman–Crippen LogP) is 2.01. The zero-order valence-electron chi connectivity index (χ0n) is 13.0. The van der Waals surface area contributed by atoms with Crippen LogP contribution in [-0.4, -0.2) is 23.9 Å². The van der Waals surface area contributed by atoms with E-state index in [0.29, 0.717) is 17.7 Å². The molecule has 1 aliphatic carbocycles. The molecule has 0 aliphatic heterocycles. The van der Waals surface area contributed by atoms with Gasteiger partial charge in [-0.2, -0.15) is 0 Å². The number of hydrogen-bond acceptors (Lipinski definition) is 4. The van der Waals surface area contributed by atoms with Gasteiger partial charge in [-0.05, 0) is 49.9 Å². The molecule has 2 atom stereocenters. The maximum Gasteiger partial charge on any atom is 0.307 e. The Hall–Kier alpha value is -2.63. The molecular weight excluding hydrogens is 296 g/mol. The quantitative estimate of drug-likeness (QED) is 0.619. The van der Waals surface area contributed by atoms with Crippen molar-refractivity contribution in [1.29, 1.82) is 0 Å². The standard InChI is InChI=1S/C17H20N2O4/c1-11(23-15(20)10-12-4-2-3-5-12)17(22)19-14-8-6-13(7-9-14)16(18)21/h2,4,6-9,11-12H,3,5,10H2,1H3,(H2,18,21)(H,19,22)/t11-,12+/m0/s1. The second kappa shape index (κ2) is 7.58. The van der Waals surface area contributed by atoms with E-state index >= 15 is 0 Å². The summed E-state index contributed by atoms with van der Waals surface area (Å²) in [4.78, 5) is 34.8. The second-order valence-corrected chi connectivity index (χ2v) is 5.53. The van der Waals surface area contributed by atoms with Gasteiger partial charge in [0.2, 0.25) is 5.91 Å². The highest BCUT2D eigenvalue weighted by molar-refractivity contribution is 5.96. The first-order chi connectivity index (χ1) is 11.0. The largest absolute Gasteiger partial charge is 0.453 e. The van der Waals surface area contributed by atoms with Gasteiger partial charge in [0.1, 0.15) is 0 Å². The molecule has 0 heterocycles. The van der Waals surface area contributed by atoms with E-state index < -0.39 is 17.9 Å². The Labute approximate surface area is 134 Å². The van der Waals surface area contributed by atoms with Crippen molar-refractivity contribution in [3.63, 3.8) is 0 Å². The van der Waals surface area contributed by atoms with E-state index in [-0.39, 0.29) is 11.9 Å². The van der Waals surface area contributed by atoms with Crippen LogP contribution in [0.3, 0.4) is 0 Å². The van der Waals surface area contributed by atoms with Crippen LogP contribution in [0.1, 0.15) is 36.5 Å². The van der Waals surface area contributed by atoms with Crippen LogP contribution >= 0.6 is 0 Å². The summed E-state index contributed by atoms with van der Waals surface area (Å²) in [5.74, 6) is -1.13. The Bertz CT molecular complexity index is 622. The van der Waals surface area contributed by atoms with Crippen molar-refractivity contribution >= 4 is 23.5 Å². The van der Waals surface area contributed by atoms with Crippen molar-refractivity contribution in [3.05, 3.63) is 42.0 Å². The molecular formula is C17H20N2O4. The van der Waals surface area contributed by atoms with Gasteiger partial charge in [0.15, 0.2) is 6.10 Å². The summed E-state index contributed by atoms with van der Waals surface area (Å²) in [5.41, 5.74) is 6.00. The predicted molar refractivity (Wildman–Crippen MR) is 85.6 cm³/mol. The molecule has 1 aromatic carbocycles. The molecule has 1 aromatic rings. The minimum atomic E-state index is -0.885. The van der Waals surface area contributed by atoms with Crippen LogP contribution in [0.15, 0.2) is 36.4 Å². The normalized spacial score (nSPS) is 17.5. The van der Waals surface area contributed by atoms with Crippen LogP contribution in [0.5, 0.6) is 0 Å². The maximum absolute atomic E-state index is 12.0. The highest BCUT2D eigenvalue weighted by atomic mass is 16.5. The van der Waals surface area contributed by atoms with Gasteiger partial charge in [-0.15, -0.1) is 0 Å². The Morgan fingerprint density at radius 3 is 2.57 bits per heavy atom. The van der Waals surface area contributed by atoms with Gasteiger partial charge in [0, 0.05) is 11.3 Å². The number of carbonyl (C=O) groups is 3. The number of esters is 1. The van der Waals surface area contributed by atoms with Crippen molar-refractivity contribution in [2.75, 3.05) is 5.32 Å². The number of carbonyl (C=O) groups excluding carboxylic acids is 3. The number of allylic oxidation sites excluding steroid dienone is 2. The van der Waals surface area contributed by atoms with Crippen molar-refractivity contribution in [2.24, 2.45) is 11.7 Å². The van der Waals surface area contributed by atoms with Crippen molar-refractivity contribution in [3.8, 4) is 0 Å². The number of nitrogens with two attached hydrogens (primary N) is 1. The highest BCUT2D eigenvalue weighted by Gasteiger charge is 2.21. The van der Waals surface area contributed by atoms with Gasteiger partial charge in [0.05, 0.1) is 6.42 Å². The Balaban J connectivity index is 1.83. The number of amides is 2. The maximum atomic E-state index is 12.0. The van der Waals surface area contributed by atoms with E-state index in [0.717, 1.165) is 12.8 Å². The minimum absolute atomic E-state index is 0.208. The molecule has 3 N–H and O–H groups in total. The first-order valence-corrected chi connectivity index (χ1v) is 7.52. The fraction of sp³-hybridized carbons (Fsp3) is 0.353. The lowest BCUT2D eigenvalue weighted by Crippen LogP contribution is -2.30. The summed E-state index contributed by atoms with van der Waals surface area (Å²) in [6.07, 6.45) is 5.39. The summed E-state index contributed by atoms with van der Waals surface area (Å²) in [7, 11) is 0. The number of ether oxygens (including phenoxy) is 1. The molecule has 122 valence electrons. The molecule has 6 heteroatoms. The smallest absolute Gasteiger partial charge is 0.307 e. The monoisotopic (exact) mass is 316 g/mol. The Morgan fingerprint density at radius 1 is 1.30 bits per heavy atom. The van der Waals surface area contributed by atoms with E-state index in [1.807, 2.05) is 12.2 Å². The van der Waals surface area contributed by atoms with E-state index in [4.69, 9.17) is 10.5 Å². The van der Waals surface area contributed by atoms with E-state index in [1.54, 1.807) is 12.1 Å². The summed E-state index contributed by atoms with van der Waals surface area (Å²) in [6.45, 7) is 1.52. The van der Waals surface area contributed by atoms with Gasteiger partial charge in [-0.3, -0.25) is 14.4 Å². The third kappa shape index (κ3) is 4.95. The zero-order chi connectivity index (χ0) is 16.8. The Morgan fingerprint density at radius 2 is 2.00 bits per heavy atom. The molecule has 6 nitrogen and oxygen atoms in total. The highest BCUT2D eigenvalue weighted by Crippen LogP contribution is 2.21. The number of rotatable bonds is 6. The molecule has 0 unspecified atom stereocenters. The number of primary amides is 1. The number of benzene rings is 1. The fourth-order valence-corrected chi connectivity index (χ4v) is 2.34. The van der Waals surface area contributed by atoms with Crippen molar-refractivity contribution in [1.82, 2.24) is 0 Å². The molecule has 23 heavy (non-hydrogen) atoms. The van der Waals surface area contributed by atoms with Crippen molar-refractivity contribution in [2.45, 2.75) is 32.3 Å². The first-order valence-electron chi connectivity index (χ1n) is 7.52. The SMILES string of the molecule is C[C@H](OC(=O)C[C@@H]1C=CCC1)C(=O)Nc1ccc(C(N)=O)cc1. The molecule has 2 amide bonds. The van der Waals surface area contributed by atoms with Gasteiger partial charge >= 0.3 is 5.97 Å². The average Bonchev–Trinajstić information content (AvgIpc) is 3.00. The summed E-state index contributed by atoms with van der Waals surface area (Å²) < 4.78 is 5.15. The fourth-order valence-electron chi connectivity index (χ4n) is 2.34. The van der Waals surface area contributed by atoms with Gasteiger partial charge < -0.3 is 15.8 Å². The lowest BCUT2D eigenvalue weighted by Gasteiger charge is -2.15.